The Bertz CT molecular complexity index is 511. The lowest BCUT2D eigenvalue weighted by Crippen LogP contribution is -2.06. The number of aromatic nitrogens is 2. The second kappa shape index (κ2) is 6.17. The first-order chi connectivity index (χ1) is 9.16. The molecule has 0 atom stereocenters. The predicted octanol–water partition coefficient (Wildman–Crippen LogP) is 2.97. The number of anilines is 2. The molecule has 0 saturated carbocycles. The minimum Gasteiger partial charge on any atom is -0.399 e. The Hall–Kier alpha value is -2.11. The Morgan fingerprint density at radius 2 is 2.21 bits per heavy atom. The van der Waals surface area contributed by atoms with Crippen LogP contribution >= 0.6 is 0 Å². The van der Waals surface area contributed by atoms with Crippen molar-refractivity contribution in [1.29, 1.82) is 0 Å². The summed E-state index contributed by atoms with van der Waals surface area (Å²) in [4.78, 5) is 7.10. The number of hydrogen-bond donors (Lipinski definition) is 3. The number of halogens is 2. The maximum absolute atomic E-state index is 12.8. The fourth-order valence-electron chi connectivity index (χ4n) is 1.84. The van der Waals surface area contributed by atoms with E-state index in [0.29, 0.717) is 17.9 Å². The van der Waals surface area contributed by atoms with Crippen LogP contribution in [0.1, 0.15) is 24.2 Å². The molecule has 1 heterocycles. The van der Waals surface area contributed by atoms with Crippen molar-refractivity contribution >= 4 is 11.4 Å². The van der Waals surface area contributed by atoms with Gasteiger partial charge in [-0.2, -0.15) is 0 Å². The third-order valence-electron chi connectivity index (χ3n) is 2.77. The van der Waals surface area contributed by atoms with Crippen molar-refractivity contribution in [3.05, 3.63) is 42.0 Å². The highest BCUT2D eigenvalue weighted by molar-refractivity contribution is 5.58. The summed E-state index contributed by atoms with van der Waals surface area (Å²) in [5.74, 6) is 0.896. The minimum absolute atomic E-state index is 0.0574. The SMILES string of the molecule is Nc1ccc(NCCCc2ncc[nH]2)c(C(F)F)c1. The van der Waals surface area contributed by atoms with Gasteiger partial charge in [0.2, 0.25) is 0 Å². The molecule has 19 heavy (non-hydrogen) atoms. The van der Waals surface area contributed by atoms with Crippen molar-refractivity contribution in [2.24, 2.45) is 0 Å². The molecule has 2 rings (SSSR count). The smallest absolute Gasteiger partial charge is 0.265 e. The van der Waals surface area contributed by atoms with Crippen LogP contribution in [0.5, 0.6) is 0 Å². The van der Waals surface area contributed by atoms with Crippen LogP contribution in [-0.2, 0) is 6.42 Å². The summed E-state index contributed by atoms with van der Waals surface area (Å²) in [5, 5.41) is 3.01. The van der Waals surface area contributed by atoms with Crippen molar-refractivity contribution in [2.45, 2.75) is 19.3 Å². The van der Waals surface area contributed by atoms with Crippen molar-refractivity contribution in [1.82, 2.24) is 9.97 Å². The number of nitrogens with one attached hydrogen (secondary N) is 2. The zero-order valence-corrected chi connectivity index (χ0v) is 10.4. The predicted molar refractivity (Wildman–Crippen MR) is 71.2 cm³/mol. The van der Waals surface area contributed by atoms with E-state index in [4.69, 9.17) is 5.73 Å². The molecular weight excluding hydrogens is 250 g/mol. The van der Waals surface area contributed by atoms with Gasteiger partial charge >= 0.3 is 0 Å². The van der Waals surface area contributed by atoms with Crippen LogP contribution in [0.25, 0.3) is 0 Å². The Kier molecular flexibility index (Phi) is 4.33. The van der Waals surface area contributed by atoms with Crippen molar-refractivity contribution < 1.29 is 8.78 Å². The van der Waals surface area contributed by atoms with Crippen molar-refractivity contribution in [2.75, 3.05) is 17.6 Å². The van der Waals surface area contributed by atoms with E-state index in [1.165, 1.54) is 6.07 Å². The van der Waals surface area contributed by atoms with Gasteiger partial charge in [-0.3, -0.25) is 0 Å². The normalized spacial score (nSPS) is 10.9. The highest BCUT2D eigenvalue weighted by atomic mass is 19.3. The van der Waals surface area contributed by atoms with Crippen LogP contribution in [0, 0.1) is 0 Å². The van der Waals surface area contributed by atoms with E-state index in [1.807, 2.05) is 0 Å². The molecule has 0 saturated heterocycles. The molecule has 0 unspecified atom stereocenters. The van der Waals surface area contributed by atoms with E-state index in [-0.39, 0.29) is 5.56 Å². The Morgan fingerprint density at radius 3 is 2.89 bits per heavy atom. The van der Waals surface area contributed by atoms with Crippen LogP contribution in [-0.4, -0.2) is 16.5 Å². The van der Waals surface area contributed by atoms with Gasteiger partial charge in [-0.25, -0.2) is 13.8 Å². The van der Waals surface area contributed by atoms with Crippen LogP contribution in [0.4, 0.5) is 20.2 Å². The molecule has 0 bridgehead atoms. The third kappa shape index (κ3) is 3.67. The van der Waals surface area contributed by atoms with Crippen LogP contribution in [0.2, 0.25) is 0 Å². The largest absolute Gasteiger partial charge is 0.399 e. The Morgan fingerprint density at radius 1 is 1.37 bits per heavy atom. The molecule has 0 spiro atoms. The van der Waals surface area contributed by atoms with Crippen molar-refractivity contribution in [3.8, 4) is 0 Å². The highest BCUT2D eigenvalue weighted by Crippen LogP contribution is 2.28. The number of aryl methyl sites for hydroxylation is 1. The van der Waals surface area contributed by atoms with Crippen molar-refractivity contribution in [3.63, 3.8) is 0 Å². The van der Waals surface area contributed by atoms with Gasteiger partial charge in [0.05, 0.1) is 0 Å². The zero-order valence-electron chi connectivity index (χ0n) is 10.4. The quantitative estimate of drug-likeness (QED) is 0.556. The third-order valence-corrected chi connectivity index (χ3v) is 2.77. The van der Waals surface area contributed by atoms with E-state index < -0.39 is 6.43 Å². The van der Waals surface area contributed by atoms with Gasteiger partial charge in [0.25, 0.3) is 6.43 Å². The molecule has 0 aliphatic rings. The van der Waals surface area contributed by atoms with Crippen LogP contribution in [0.15, 0.2) is 30.6 Å². The molecule has 0 radical (unpaired) electrons. The maximum atomic E-state index is 12.8. The summed E-state index contributed by atoms with van der Waals surface area (Å²) in [6.45, 7) is 0.602. The maximum Gasteiger partial charge on any atom is 0.265 e. The summed E-state index contributed by atoms with van der Waals surface area (Å²) in [6.07, 6.45) is 2.51. The molecule has 102 valence electrons. The minimum atomic E-state index is -2.53. The van der Waals surface area contributed by atoms with Gasteiger partial charge in [-0.1, -0.05) is 0 Å². The number of hydrogen-bond acceptors (Lipinski definition) is 3. The highest BCUT2D eigenvalue weighted by Gasteiger charge is 2.12. The first kappa shape index (κ1) is 13.3. The molecule has 0 aliphatic carbocycles. The average molecular weight is 266 g/mol. The topological polar surface area (TPSA) is 66.7 Å². The van der Waals surface area contributed by atoms with E-state index in [1.54, 1.807) is 24.5 Å². The molecular formula is C13H16F2N4. The summed E-state index contributed by atoms with van der Waals surface area (Å²) >= 11 is 0. The molecule has 0 fully saturated rings. The average Bonchev–Trinajstić information content (AvgIpc) is 2.89. The van der Waals surface area contributed by atoms with E-state index in [0.717, 1.165) is 18.7 Å². The summed E-state index contributed by atoms with van der Waals surface area (Å²) < 4.78 is 25.7. The molecule has 4 nitrogen and oxygen atoms in total. The molecule has 6 heteroatoms. The molecule has 1 aromatic carbocycles. The molecule has 2 aromatic rings. The lowest BCUT2D eigenvalue weighted by atomic mass is 10.1. The first-order valence-electron chi connectivity index (χ1n) is 6.06. The van der Waals surface area contributed by atoms with Crippen LogP contribution < -0.4 is 11.1 Å². The second-order valence-corrected chi connectivity index (χ2v) is 4.21. The fourth-order valence-corrected chi connectivity index (χ4v) is 1.84. The monoisotopic (exact) mass is 266 g/mol. The van der Waals surface area contributed by atoms with Gasteiger partial charge in [0.15, 0.2) is 0 Å². The summed E-state index contributed by atoms with van der Waals surface area (Å²) in [7, 11) is 0. The van der Waals surface area contributed by atoms with Gasteiger partial charge < -0.3 is 16.0 Å². The van der Waals surface area contributed by atoms with E-state index in [9.17, 15) is 8.78 Å². The van der Waals surface area contributed by atoms with Crippen LogP contribution in [0.3, 0.4) is 0 Å². The number of nitrogens with zero attached hydrogens (tertiary/aromatic N) is 1. The molecule has 4 N–H and O–H groups in total. The number of H-pyrrole nitrogens is 1. The number of nitrogens with two attached hydrogens (primary N) is 1. The molecule has 1 aromatic heterocycles. The van der Waals surface area contributed by atoms with Gasteiger partial charge in [0, 0.05) is 42.3 Å². The Labute approximate surface area is 110 Å². The first-order valence-corrected chi connectivity index (χ1v) is 6.06. The van der Waals surface area contributed by atoms with Gasteiger partial charge in [0.1, 0.15) is 5.82 Å². The second-order valence-electron chi connectivity index (χ2n) is 4.21. The standard InChI is InChI=1S/C13H16F2N4/c14-13(15)10-8-9(16)3-4-11(10)17-5-1-2-12-18-6-7-19-12/h3-4,6-8,13,17H,1-2,5,16H2,(H,18,19). The number of rotatable bonds is 6. The van der Waals surface area contributed by atoms with E-state index in [2.05, 4.69) is 15.3 Å². The van der Waals surface area contributed by atoms with Gasteiger partial charge in [-0.05, 0) is 24.6 Å². The zero-order chi connectivity index (χ0) is 13.7. The number of nitrogen functional groups attached to an aromatic ring is 1. The number of benzene rings is 1. The summed E-state index contributed by atoms with van der Waals surface area (Å²) in [5.41, 5.74) is 6.23. The number of alkyl halides is 2. The van der Waals surface area contributed by atoms with E-state index >= 15 is 0 Å². The number of aromatic amines is 1. The molecule has 0 amide bonds. The lowest BCUT2D eigenvalue weighted by Gasteiger charge is -2.12. The fraction of sp³-hybridized carbons (Fsp3) is 0.308. The molecule has 0 aliphatic heterocycles. The summed E-state index contributed by atoms with van der Waals surface area (Å²) in [6, 6.07) is 4.50. The number of imidazole rings is 1. The Balaban J connectivity index is 1.88. The lowest BCUT2D eigenvalue weighted by molar-refractivity contribution is 0.152. The van der Waals surface area contributed by atoms with Gasteiger partial charge in [-0.15, -0.1) is 0 Å².